The Morgan fingerprint density at radius 3 is 2.75 bits per heavy atom. The second kappa shape index (κ2) is 3.30. The minimum absolute atomic E-state index is 0.656. The Kier molecular flexibility index (Phi) is 2.55. The number of hydrogen-bond acceptors (Lipinski definition) is 1. The van der Waals surface area contributed by atoms with Crippen LogP contribution in [-0.2, 0) is 4.79 Å². The molecule has 2 heteroatoms. The van der Waals surface area contributed by atoms with Crippen molar-refractivity contribution in [3.05, 3.63) is 12.2 Å². The van der Waals surface area contributed by atoms with Crippen LogP contribution in [0.25, 0.3) is 0 Å². The van der Waals surface area contributed by atoms with Gasteiger partial charge >= 0.3 is 5.97 Å². The van der Waals surface area contributed by atoms with E-state index in [4.69, 9.17) is 5.11 Å². The average molecular weight is 168 g/mol. The summed E-state index contributed by atoms with van der Waals surface area (Å²) >= 11 is 0. The standard InChI is InChI=1S/C10H16O2/c1-8-6-4-3-5-7-10(8,2)9(11)12/h1,3-7H2,2H3,(H,11,12). The van der Waals surface area contributed by atoms with Gasteiger partial charge in [-0.05, 0) is 26.2 Å². The Bertz CT molecular complexity index is 208. The van der Waals surface area contributed by atoms with Crippen molar-refractivity contribution in [3.8, 4) is 0 Å². The van der Waals surface area contributed by atoms with Crippen LogP contribution in [0, 0.1) is 5.41 Å². The fourth-order valence-corrected chi connectivity index (χ4v) is 1.70. The zero-order valence-electron chi connectivity index (χ0n) is 7.60. The van der Waals surface area contributed by atoms with Gasteiger partial charge in [0.2, 0.25) is 0 Å². The van der Waals surface area contributed by atoms with Crippen molar-refractivity contribution < 1.29 is 9.90 Å². The first-order valence-corrected chi connectivity index (χ1v) is 4.49. The normalized spacial score (nSPS) is 31.2. The Balaban J connectivity index is 2.83. The summed E-state index contributed by atoms with van der Waals surface area (Å²) in [4.78, 5) is 11.0. The molecule has 1 aliphatic carbocycles. The van der Waals surface area contributed by atoms with Gasteiger partial charge in [-0.1, -0.05) is 25.0 Å². The molecule has 1 N–H and O–H groups in total. The minimum Gasteiger partial charge on any atom is -0.481 e. The number of carboxylic acid groups (broad SMARTS) is 1. The molecule has 0 aromatic rings. The summed E-state index contributed by atoms with van der Waals surface area (Å²) in [6, 6.07) is 0. The van der Waals surface area contributed by atoms with Crippen molar-refractivity contribution in [2.75, 3.05) is 0 Å². The van der Waals surface area contributed by atoms with Crippen LogP contribution in [0.15, 0.2) is 12.2 Å². The summed E-state index contributed by atoms with van der Waals surface area (Å²) in [6.07, 6.45) is 4.88. The van der Waals surface area contributed by atoms with Crippen molar-refractivity contribution in [2.45, 2.75) is 39.0 Å². The molecule has 2 nitrogen and oxygen atoms in total. The molecule has 12 heavy (non-hydrogen) atoms. The number of aliphatic carboxylic acids is 1. The lowest BCUT2D eigenvalue weighted by molar-refractivity contribution is -0.146. The van der Waals surface area contributed by atoms with Crippen LogP contribution in [0.3, 0.4) is 0 Å². The van der Waals surface area contributed by atoms with E-state index in [2.05, 4.69) is 6.58 Å². The molecule has 0 amide bonds. The van der Waals surface area contributed by atoms with Crippen LogP contribution >= 0.6 is 0 Å². The molecule has 1 fully saturated rings. The van der Waals surface area contributed by atoms with Gasteiger partial charge in [-0.2, -0.15) is 0 Å². The summed E-state index contributed by atoms with van der Waals surface area (Å²) in [6.45, 7) is 5.66. The number of rotatable bonds is 1. The molecule has 1 atom stereocenters. The molecule has 0 saturated heterocycles. The van der Waals surface area contributed by atoms with Crippen molar-refractivity contribution in [1.29, 1.82) is 0 Å². The van der Waals surface area contributed by atoms with E-state index in [1.54, 1.807) is 6.92 Å². The third kappa shape index (κ3) is 1.52. The minimum atomic E-state index is -0.714. The smallest absolute Gasteiger partial charge is 0.313 e. The lowest BCUT2D eigenvalue weighted by atomic mass is 9.79. The second-order valence-electron chi connectivity index (χ2n) is 3.80. The first-order chi connectivity index (χ1) is 5.57. The number of carbonyl (C=O) groups is 1. The maximum absolute atomic E-state index is 11.0. The SMILES string of the molecule is C=C1CCCCCC1(C)C(=O)O. The molecule has 0 radical (unpaired) electrons. The molecule has 0 heterocycles. The Labute approximate surface area is 73.3 Å². The molecule has 1 unspecified atom stereocenters. The molecule has 0 bridgehead atoms. The highest BCUT2D eigenvalue weighted by atomic mass is 16.4. The van der Waals surface area contributed by atoms with Gasteiger partial charge in [0.25, 0.3) is 0 Å². The molecular formula is C10H16O2. The van der Waals surface area contributed by atoms with Gasteiger partial charge in [0.05, 0.1) is 5.41 Å². The molecule has 0 aromatic carbocycles. The van der Waals surface area contributed by atoms with Crippen LogP contribution in [0.2, 0.25) is 0 Å². The summed E-state index contributed by atoms with van der Waals surface area (Å²) in [5, 5.41) is 9.03. The van der Waals surface area contributed by atoms with Crippen LogP contribution in [0.4, 0.5) is 0 Å². The topological polar surface area (TPSA) is 37.3 Å². The third-order valence-electron chi connectivity index (χ3n) is 2.91. The summed E-state index contributed by atoms with van der Waals surface area (Å²) in [5.74, 6) is -0.714. The predicted octanol–water partition coefficient (Wildman–Crippen LogP) is 2.60. The summed E-state index contributed by atoms with van der Waals surface area (Å²) < 4.78 is 0. The highest BCUT2D eigenvalue weighted by Gasteiger charge is 2.36. The molecule has 0 aliphatic heterocycles. The van der Waals surface area contributed by atoms with E-state index < -0.39 is 11.4 Å². The van der Waals surface area contributed by atoms with Gasteiger partial charge in [-0.25, -0.2) is 0 Å². The van der Waals surface area contributed by atoms with Gasteiger partial charge in [-0.15, -0.1) is 0 Å². The highest BCUT2D eigenvalue weighted by Crippen LogP contribution is 2.38. The highest BCUT2D eigenvalue weighted by molar-refractivity contribution is 5.77. The molecular weight excluding hydrogens is 152 g/mol. The van der Waals surface area contributed by atoms with E-state index in [0.717, 1.165) is 37.7 Å². The largest absolute Gasteiger partial charge is 0.481 e. The number of hydrogen-bond donors (Lipinski definition) is 1. The Hall–Kier alpha value is -0.790. The summed E-state index contributed by atoms with van der Waals surface area (Å²) in [5.41, 5.74) is 0.240. The van der Waals surface area contributed by atoms with E-state index in [1.807, 2.05) is 0 Å². The van der Waals surface area contributed by atoms with Crippen molar-refractivity contribution in [2.24, 2.45) is 5.41 Å². The quantitative estimate of drug-likeness (QED) is 0.482. The van der Waals surface area contributed by atoms with E-state index in [9.17, 15) is 4.79 Å². The zero-order valence-corrected chi connectivity index (χ0v) is 7.60. The van der Waals surface area contributed by atoms with Gasteiger partial charge in [-0.3, -0.25) is 4.79 Å². The first-order valence-electron chi connectivity index (χ1n) is 4.49. The molecule has 1 aliphatic rings. The van der Waals surface area contributed by atoms with Crippen LogP contribution in [-0.4, -0.2) is 11.1 Å². The average Bonchev–Trinajstić information content (AvgIpc) is 2.16. The lowest BCUT2D eigenvalue weighted by Gasteiger charge is -2.24. The molecule has 0 spiro atoms. The third-order valence-corrected chi connectivity index (χ3v) is 2.91. The zero-order chi connectivity index (χ0) is 9.19. The van der Waals surface area contributed by atoms with E-state index in [-0.39, 0.29) is 0 Å². The van der Waals surface area contributed by atoms with Crippen molar-refractivity contribution in [3.63, 3.8) is 0 Å². The Morgan fingerprint density at radius 1 is 1.50 bits per heavy atom. The van der Waals surface area contributed by atoms with Crippen molar-refractivity contribution >= 4 is 5.97 Å². The maximum atomic E-state index is 11.0. The fraction of sp³-hybridized carbons (Fsp3) is 0.700. The monoisotopic (exact) mass is 168 g/mol. The van der Waals surface area contributed by atoms with Crippen molar-refractivity contribution in [1.82, 2.24) is 0 Å². The second-order valence-corrected chi connectivity index (χ2v) is 3.80. The van der Waals surface area contributed by atoms with E-state index in [1.165, 1.54) is 0 Å². The summed E-state index contributed by atoms with van der Waals surface area (Å²) in [7, 11) is 0. The van der Waals surface area contributed by atoms with Crippen LogP contribution in [0.5, 0.6) is 0 Å². The maximum Gasteiger partial charge on any atom is 0.313 e. The fourth-order valence-electron chi connectivity index (χ4n) is 1.70. The predicted molar refractivity (Wildman–Crippen MR) is 48.0 cm³/mol. The molecule has 68 valence electrons. The van der Waals surface area contributed by atoms with Gasteiger partial charge in [0.1, 0.15) is 0 Å². The van der Waals surface area contributed by atoms with Crippen LogP contribution < -0.4 is 0 Å². The lowest BCUT2D eigenvalue weighted by Crippen LogP contribution is -2.28. The van der Waals surface area contributed by atoms with Crippen LogP contribution in [0.1, 0.15) is 39.0 Å². The first kappa shape index (κ1) is 9.30. The molecule has 1 rings (SSSR count). The molecule has 1 saturated carbocycles. The van der Waals surface area contributed by atoms with Gasteiger partial charge in [0.15, 0.2) is 0 Å². The molecule has 0 aromatic heterocycles. The Morgan fingerprint density at radius 2 is 2.17 bits per heavy atom. The van der Waals surface area contributed by atoms with Gasteiger partial charge in [0, 0.05) is 0 Å². The van der Waals surface area contributed by atoms with E-state index >= 15 is 0 Å². The van der Waals surface area contributed by atoms with Gasteiger partial charge < -0.3 is 5.11 Å². The van der Waals surface area contributed by atoms with E-state index in [0.29, 0.717) is 0 Å². The number of carboxylic acids is 1.